The van der Waals surface area contributed by atoms with Crippen LogP contribution in [0.25, 0.3) is 0 Å². The third-order valence-electron chi connectivity index (χ3n) is 4.29. The third-order valence-corrected chi connectivity index (χ3v) is 5.41. The molecule has 0 radical (unpaired) electrons. The average Bonchev–Trinajstić information content (AvgIpc) is 2.37. The van der Waals surface area contributed by atoms with Crippen molar-refractivity contribution in [1.82, 2.24) is 5.32 Å². The smallest absolute Gasteiger partial charge is 0.175 e. The van der Waals surface area contributed by atoms with Gasteiger partial charge in [0.2, 0.25) is 0 Å². The van der Waals surface area contributed by atoms with Gasteiger partial charge in [-0.25, -0.2) is 8.42 Å². The maximum Gasteiger partial charge on any atom is 0.175 e. The van der Waals surface area contributed by atoms with Crippen molar-refractivity contribution in [3.63, 3.8) is 0 Å². The first kappa shape index (κ1) is 15.5. The van der Waals surface area contributed by atoms with Gasteiger partial charge in [0.1, 0.15) is 0 Å². The summed E-state index contributed by atoms with van der Waals surface area (Å²) in [6.45, 7) is 5.50. The van der Waals surface area contributed by atoms with E-state index in [9.17, 15) is 8.42 Å². The van der Waals surface area contributed by atoms with Gasteiger partial charge in [0.15, 0.2) is 9.84 Å². The summed E-state index contributed by atoms with van der Waals surface area (Å²) in [6.07, 6.45) is 6.25. The standard InChI is InChI=1S/C16H25NO2S/c1-16(2)10-8-14(9-11-16)17-12-13-4-6-15(7-5-13)20(3,18)19/h4-7,14,17H,8-12H2,1-3H3. The van der Waals surface area contributed by atoms with E-state index in [0.717, 1.165) is 12.1 Å². The predicted molar refractivity (Wildman–Crippen MR) is 82.4 cm³/mol. The Morgan fingerprint density at radius 1 is 1.15 bits per heavy atom. The maximum atomic E-state index is 11.4. The van der Waals surface area contributed by atoms with Crippen molar-refractivity contribution in [3.05, 3.63) is 29.8 Å². The predicted octanol–water partition coefficient (Wildman–Crippen LogP) is 3.15. The number of nitrogens with one attached hydrogen (secondary N) is 1. The van der Waals surface area contributed by atoms with Gasteiger partial charge < -0.3 is 5.32 Å². The maximum absolute atomic E-state index is 11.4. The molecule has 112 valence electrons. The average molecular weight is 295 g/mol. The normalized spacial score (nSPS) is 19.9. The molecule has 1 aliphatic rings. The van der Waals surface area contributed by atoms with Gasteiger partial charge in [0, 0.05) is 18.8 Å². The van der Waals surface area contributed by atoms with Gasteiger partial charge in [-0.15, -0.1) is 0 Å². The van der Waals surface area contributed by atoms with Crippen LogP contribution >= 0.6 is 0 Å². The van der Waals surface area contributed by atoms with E-state index < -0.39 is 9.84 Å². The monoisotopic (exact) mass is 295 g/mol. The second-order valence-electron chi connectivity index (χ2n) is 6.74. The molecule has 0 bridgehead atoms. The first-order chi connectivity index (χ1) is 9.26. The van der Waals surface area contributed by atoms with Gasteiger partial charge in [-0.3, -0.25) is 0 Å². The highest BCUT2D eigenvalue weighted by atomic mass is 32.2. The van der Waals surface area contributed by atoms with E-state index in [1.54, 1.807) is 12.1 Å². The quantitative estimate of drug-likeness (QED) is 0.928. The summed E-state index contributed by atoms with van der Waals surface area (Å²) in [6, 6.07) is 7.77. The summed E-state index contributed by atoms with van der Waals surface area (Å²) in [7, 11) is -3.09. The van der Waals surface area contributed by atoms with Crippen LogP contribution in [0.3, 0.4) is 0 Å². The number of hydrogen-bond acceptors (Lipinski definition) is 3. The summed E-state index contributed by atoms with van der Waals surface area (Å²) in [5.74, 6) is 0. The van der Waals surface area contributed by atoms with Gasteiger partial charge >= 0.3 is 0 Å². The zero-order valence-corrected chi connectivity index (χ0v) is 13.5. The van der Waals surface area contributed by atoms with Gasteiger partial charge in [-0.1, -0.05) is 26.0 Å². The third kappa shape index (κ3) is 4.32. The molecule has 0 unspecified atom stereocenters. The molecule has 1 fully saturated rings. The Bertz CT molecular complexity index is 536. The number of sulfone groups is 1. The van der Waals surface area contributed by atoms with Crippen LogP contribution in [0.15, 0.2) is 29.2 Å². The van der Waals surface area contributed by atoms with Crippen molar-refractivity contribution < 1.29 is 8.42 Å². The Morgan fingerprint density at radius 3 is 2.20 bits per heavy atom. The summed E-state index contributed by atoms with van der Waals surface area (Å²) >= 11 is 0. The lowest BCUT2D eigenvalue weighted by Crippen LogP contribution is -2.35. The van der Waals surface area contributed by atoms with E-state index >= 15 is 0 Å². The van der Waals surface area contributed by atoms with Gasteiger partial charge in [0.05, 0.1) is 4.90 Å². The Labute approximate surface area is 122 Å². The Hall–Kier alpha value is -0.870. The van der Waals surface area contributed by atoms with E-state index in [1.165, 1.54) is 31.9 Å². The number of rotatable bonds is 4. The molecule has 2 rings (SSSR count). The minimum Gasteiger partial charge on any atom is -0.310 e. The highest BCUT2D eigenvalue weighted by Crippen LogP contribution is 2.35. The van der Waals surface area contributed by atoms with Gasteiger partial charge in [0.25, 0.3) is 0 Å². The van der Waals surface area contributed by atoms with E-state index in [1.807, 2.05) is 12.1 Å². The van der Waals surface area contributed by atoms with Crippen LogP contribution in [0, 0.1) is 5.41 Å². The minimum atomic E-state index is -3.09. The lowest BCUT2D eigenvalue weighted by molar-refractivity contribution is 0.206. The molecule has 1 aliphatic carbocycles. The van der Waals surface area contributed by atoms with Crippen molar-refractivity contribution in [2.75, 3.05) is 6.26 Å². The number of hydrogen-bond donors (Lipinski definition) is 1. The molecular formula is C16H25NO2S. The van der Waals surface area contributed by atoms with Crippen LogP contribution in [-0.2, 0) is 16.4 Å². The lowest BCUT2D eigenvalue weighted by Gasteiger charge is -2.34. The highest BCUT2D eigenvalue weighted by Gasteiger charge is 2.26. The number of benzene rings is 1. The topological polar surface area (TPSA) is 46.2 Å². The SMILES string of the molecule is CC1(C)CCC(NCc2ccc(S(C)(=O)=O)cc2)CC1. The molecule has 0 aromatic heterocycles. The summed E-state index contributed by atoms with van der Waals surface area (Å²) < 4.78 is 22.8. The van der Waals surface area contributed by atoms with Crippen molar-refractivity contribution in [2.24, 2.45) is 5.41 Å². The highest BCUT2D eigenvalue weighted by molar-refractivity contribution is 7.90. The molecule has 0 saturated heterocycles. The second kappa shape index (κ2) is 5.86. The van der Waals surface area contributed by atoms with Crippen molar-refractivity contribution in [1.29, 1.82) is 0 Å². The Morgan fingerprint density at radius 2 is 1.70 bits per heavy atom. The molecule has 4 heteroatoms. The zero-order valence-electron chi connectivity index (χ0n) is 12.6. The van der Waals surface area contributed by atoms with Crippen LogP contribution in [0.1, 0.15) is 45.1 Å². The first-order valence-corrected chi connectivity index (χ1v) is 9.18. The molecule has 0 heterocycles. The molecular weight excluding hydrogens is 270 g/mol. The van der Waals surface area contributed by atoms with Crippen LogP contribution < -0.4 is 5.32 Å². The van der Waals surface area contributed by atoms with Crippen molar-refractivity contribution in [2.45, 2.75) is 57.0 Å². The molecule has 1 saturated carbocycles. The molecule has 0 spiro atoms. The van der Waals surface area contributed by atoms with E-state index in [-0.39, 0.29) is 0 Å². The van der Waals surface area contributed by atoms with Crippen LogP contribution in [0.5, 0.6) is 0 Å². The minimum absolute atomic E-state index is 0.390. The van der Waals surface area contributed by atoms with E-state index in [4.69, 9.17) is 0 Å². The van der Waals surface area contributed by atoms with Crippen molar-refractivity contribution >= 4 is 9.84 Å². The van der Waals surface area contributed by atoms with Crippen molar-refractivity contribution in [3.8, 4) is 0 Å². The molecule has 0 atom stereocenters. The Kier molecular flexibility index (Phi) is 4.55. The van der Waals surface area contributed by atoms with Crippen LogP contribution in [0.2, 0.25) is 0 Å². The molecule has 20 heavy (non-hydrogen) atoms. The molecule has 0 aliphatic heterocycles. The molecule has 1 aromatic rings. The van der Waals surface area contributed by atoms with Gasteiger partial charge in [-0.05, 0) is 48.8 Å². The van der Waals surface area contributed by atoms with E-state index in [2.05, 4.69) is 19.2 Å². The second-order valence-corrected chi connectivity index (χ2v) is 8.75. The zero-order chi connectivity index (χ0) is 14.8. The largest absolute Gasteiger partial charge is 0.310 e. The lowest BCUT2D eigenvalue weighted by atomic mass is 9.75. The fourth-order valence-electron chi connectivity index (χ4n) is 2.72. The summed E-state index contributed by atoms with van der Waals surface area (Å²) in [5.41, 5.74) is 1.64. The molecule has 1 N–H and O–H groups in total. The van der Waals surface area contributed by atoms with Gasteiger partial charge in [-0.2, -0.15) is 0 Å². The van der Waals surface area contributed by atoms with Crippen LogP contribution in [-0.4, -0.2) is 20.7 Å². The first-order valence-electron chi connectivity index (χ1n) is 7.29. The summed E-state index contributed by atoms with van der Waals surface area (Å²) in [4.78, 5) is 0.390. The molecule has 3 nitrogen and oxygen atoms in total. The summed E-state index contributed by atoms with van der Waals surface area (Å²) in [5, 5.41) is 3.58. The molecule has 1 aromatic carbocycles. The van der Waals surface area contributed by atoms with Crippen LogP contribution in [0.4, 0.5) is 0 Å². The molecule has 0 amide bonds. The fraction of sp³-hybridized carbons (Fsp3) is 0.625. The van der Waals surface area contributed by atoms with E-state index in [0.29, 0.717) is 16.4 Å². The Balaban J connectivity index is 1.86. The fourth-order valence-corrected chi connectivity index (χ4v) is 3.35.